The molecule has 0 aromatic rings. The Bertz CT molecular complexity index is 473. The Balaban J connectivity index is 0.00000312. The van der Waals surface area contributed by atoms with E-state index in [1.165, 1.54) is 37.0 Å². The Kier molecular flexibility index (Phi) is 8.95. The Morgan fingerprint density at radius 2 is 1.96 bits per heavy atom. The van der Waals surface area contributed by atoms with Crippen molar-refractivity contribution in [2.75, 3.05) is 33.2 Å². The Labute approximate surface area is 167 Å². The molecule has 7 nitrogen and oxygen atoms in total. The molecule has 144 valence electrons. The van der Waals surface area contributed by atoms with Crippen molar-refractivity contribution in [1.82, 2.24) is 20.9 Å². The molecule has 0 unspecified atom stereocenters. The number of nitrogens with one attached hydrogen (secondary N) is 3. The average molecular weight is 465 g/mol. The predicted molar refractivity (Wildman–Crippen MR) is 110 cm³/mol. The van der Waals surface area contributed by atoms with E-state index in [4.69, 9.17) is 0 Å². The topological polar surface area (TPSA) is 85.8 Å². The molecule has 0 atom stereocenters. The summed E-state index contributed by atoms with van der Waals surface area (Å²) in [6.07, 6.45) is 6.41. The third-order valence-electron chi connectivity index (χ3n) is 4.92. The van der Waals surface area contributed by atoms with Crippen LogP contribution in [-0.2, 0) is 4.79 Å². The largest absolute Gasteiger partial charge is 0.356 e. The van der Waals surface area contributed by atoms with Crippen LogP contribution in [0.15, 0.2) is 4.99 Å². The van der Waals surface area contributed by atoms with Gasteiger partial charge in [-0.3, -0.25) is 14.7 Å². The highest BCUT2D eigenvalue weighted by atomic mass is 127. The number of nitrogens with zero attached hydrogens (tertiary/aromatic N) is 2. The number of halogens is 1. The standard InChI is InChI=1S/C17H31N5O2.HI/c1-13(2)10-17(6-4-5-7-17)12-21-15(18-3)19-8-9-22-14(23)11-20-16(22)24;/h13H,4-12H2,1-3H3,(H,20,24)(H2,18,19,21);1H. The van der Waals surface area contributed by atoms with Crippen molar-refractivity contribution in [3.05, 3.63) is 0 Å². The van der Waals surface area contributed by atoms with Gasteiger partial charge in [-0.1, -0.05) is 26.7 Å². The lowest BCUT2D eigenvalue weighted by Crippen LogP contribution is -2.46. The second-order valence-electron chi connectivity index (χ2n) is 7.36. The number of hydrogen-bond donors (Lipinski definition) is 3. The second-order valence-corrected chi connectivity index (χ2v) is 7.36. The number of guanidine groups is 1. The Hall–Kier alpha value is -1.06. The highest BCUT2D eigenvalue weighted by molar-refractivity contribution is 14.0. The van der Waals surface area contributed by atoms with Gasteiger partial charge in [-0.2, -0.15) is 0 Å². The lowest BCUT2D eigenvalue weighted by molar-refractivity contribution is -0.124. The maximum absolute atomic E-state index is 11.5. The van der Waals surface area contributed by atoms with Crippen molar-refractivity contribution in [3.8, 4) is 0 Å². The first-order valence-corrected chi connectivity index (χ1v) is 8.98. The van der Waals surface area contributed by atoms with E-state index in [2.05, 4.69) is 34.8 Å². The van der Waals surface area contributed by atoms with E-state index in [9.17, 15) is 9.59 Å². The minimum atomic E-state index is -0.313. The van der Waals surface area contributed by atoms with Gasteiger partial charge < -0.3 is 16.0 Å². The first-order chi connectivity index (χ1) is 11.5. The number of carbonyl (C=O) groups excluding carboxylic acids is 2. The van der Waals surface area contributed by atoms with Crippen LogP contribution >= 0.6 is 24.0 Å². The molecule has 1 saturated carbocycles. The van der Waals surface area contributed by atoms with Crippen LogP contribution in [0.1, 0.15) is 46.0 Å². The smallest absolute Gasteiger partial charge is 0.324 e. The Morgan fingerprint density at radius 3 is 2.48 bits per heavy atom. The van der Waals surface area contributed by atoms with Crippen molar-refractivity contribution >= 4 is 41.9 Å². The highest BCUT2D eigenvalue weighted by Crippen LogP contribution is 2.42. The van der Waals surface area contributed by atoms with E-state index in [0.29, 0.717) is 24.4 Å². The molecule has 3 amide bonds. The molecule has 0 bridgehead atoms. The van der Waals surface area contributed by atoms with Crippen LogP contribution in [0.2, 0.25) is 0 Å². The number of imide groups is 1. The van der Waals surface area contributed by atoms with E-state index in [1.54, 1.807) is 7.05 Å². The monoisotopic (exact) mass is 465 g/mol. The van der Waals surface area contributed by atoms with Gasteiger partial charge in [0.15, 0.2) is 5.96 Å². The molecule has 8 heteroatoms. The molecule has 2 aliphatic rings. The van der Waals surface area contributed by atoms with Gasteiger partial charge in [0.1, 0.15) is 0 Å². The molecule has 25 heavy (non-hydrogen) atoms. The molecule has 1 aliphatic carbocycles. The normalized spacial score (nSPS) is 19.8. The van der Waals surface area contributed by atoms with Crippen molar-refractivity contribution in [2.24, 2.45) is 16.3 Å². The van der Waals surface area contributed by atoms with Crippen LogP contribution in [0, 0.1) is 11.3 Å². The first-order valence-electron chi connectivity index (χ1n) is 8.98. The van der Waals surface area contributed by atoms with Crippen LogP contribution in [0.3, 0.4) is 0 Å². The summed E-state index contributed by atoms with van der Waals surface area (Å²) in [6, 6.07) is -0.313. The van der Waals surface area contributed by atoms with Crippen LogP contribution in [-0.4, -0.2) is 56.0 Å². The summed E-state index contributed by atoms with van der Waals surface area (Å²) >= 11 is 0. The summed E-state index contributed by atoms with van der Waals surface area (Å²) in [5, 5.41) is 9.16. The van der Waals surface area contributed by atoms with Crippen molar-refractivity contribution in [2.45, 2.75) is 46.0 Å². The molecular weight excluding hydrogens is 433 g/mol. The fourth-order valence-corrected chi connectivity index (χ4v) is 3.90. The summed E-state index contributed by atoms with van der Waals surface area (Å²) in [7, 11) is 1.74. The van der Waals surface area contributed by atoms with E-state index < -0.39 is 0 Å². The molecule has 2 rings (SSSR count). The van der Waals surface area contributed by atoms with E-state index in [-0.39, 0.29) is 42.5 Å². The molecule has 0 spiro atoms. The van der Waals surface area contributed by atoms with Gasteiger partial charge in [0.25, 0.3) is 0 Å². The van der Waals surface area contributed by atoms with Crippen molar-refractivity contribution in [3.63, 3.8) is 0 Å². The fourth-order valence-electron chi connectivity index (χ4n) is 3.90. The molecule has 0 radical (unpaired) electrons. The molecule has 0 aromatic heterocycles. The van der Waals surface area contributed by atoms with Gasteiger partial charge in [-0.25, -0.2) is 4.79 Å². The zero-order valence-corrected chi connectivity index (χ0v) is 17.9. The van der Waals surface area contributed by atoms with Crippen LogP contribution in [0.25, 0.3) is 0 Å². The maximum atomic E-state index is 11.5. The first kappa shape index (κ1) is 22.0. The van der Waals surface area contributed by atoms with Crippen molar-refractivity contribution < 1.29 is 9.59 Å². The molecule has 3 N–H and O–H groups in total. The highest BCUT2D eigenvalue weighted by Gasteiger charge is 2.34. The third-order valence-corrected chi connectivity index (χ3v) is 4.92. The molecule has 2 fully saturated rings. The lowest BCUT2D eigenvalue weighted by Gasteiger charge is -2.32. The van der Waals surface area contributed by atoms with Gasteiger partial charge in [0.05, 0.1) is 6.54 Å². The minimum absolute atomic E-state index is 0. The SMILES string of the molecule is CN=C(NCCN1C(=O)CNC1=O)NCC1(CC(C)C)CCCC1.I. The van der Waals surface area contributed by atoms with E-state index >= 15 is 0 Å². The molecule has 1 heterocycles. The summed E-state index contributed by atoms with van der Waals surface area (Å²) < 4.78 is 0. The maximum Gasteiger partial charge on any atom is 0.324 e. The summed E-state index contributed by atoms with van der Waals surface area (Å²) in [5.74, 6) is 1.25. The predicted octanol–water partition coefficient (Wildman–Crippen LogP) is 1.93. The zero-order valence-electron chi connectivity index (χ0n) is 15.6. The number of rotatable bonds is 7. The molecule has 1 saturated heterocycles. The quantitative estimate of drug-likeness (QED) is 0.232. The van der Waals surface area contributed by atoms with Crippen molar-refractivity contribution in [1.29, 1.82) is 0 Å². The summed E-state index contributed by atoms with van der Waals surface area (Å²) in [6.45, 7) is 6.44. The van der Waals surface area contributed by atoms with E-state index in [0.717, 1.165) is 12.5 Å². The van der Waals surface area contributed by atoms with Gasteiger partial charge in [0, 0.05) is 26.7 Å². The van der Waals surface area contributed by atoms with Gasteiger partial charge in [0.2, 0.25) is 5.91 Å². The fraction of sp³-hybridized carbons (Fsp3) is 0.824. The number of hydrogen-bond acceptors (Lipinski definition) is 3. The van der Waals surface area contributed by atoms with Gasteiger partial charge in [-0.15, -0.1) is 24.0 Å². The zero-order chi connectivity index (χ0) is 17.6. The second kappa shape index (κ2) is 10.2. The number of aliphatic imine (C=N–C) groups is 1. The molecular formula is C17H32IN5O2. The minimum Gasteiger partial charge on any atom is -0.356 e. The summed E-state index contributed by atoms with van der Waals surface area (Å²) in [5.41, 5.74) is 0.372. The van der Waals surface area contributed by atoms with Gasteiger partial charge in [-0.05, 0) is 30.6 Å². The number of amides is 3. The molecule has 0 aromatic carbocycles. The number of urea groups is 1. The molecule has 1 aliphatic heterocycles. The van der Waals surface area contributed by atoms with Crippen LogP contribution < -0.4 is 16.0 Å². The summed E-state index contributed by atoms with van der Waals surface area (Å²) in [4.78, 5) is 28.5. The van der Waals surface area contributed by atoms with Crippen LogP contribution in [0.4, 0.5) is 4.79 Å². The lowest BCUT2D eigenvalue weighted by atomic mass is 9.78. The van der Waals surface area contributed by atoms with Gasteiger partial charge >= 0.3 is 6.03 Å². The Morgan fingerprint density at radius 1 is 1.28 bits per heavy atom. The average Bonchev–Trinajstić information content (AvgIpc) is 3.11. The number of carbonyl (C=O) groups is 2. The third kappa shape index (κ3) is 6.31. The van der Waals surface area contributed by atoms with E-state index in [1.807, 2.05) is 0 Å². The van der Waals surface area contributed by atoms with Crippen LogP contribution in [0.5, 0.6) is 0 Å².